The first-order valence-corrected chi connectivity index (χ1v) is 10.4. The predicted molar refractivity (Wildman–Crippen MR) is 115 cm³/mol. The Kier molecular flexibility index (Phi) is 5.69. The van der Waals surface area contributed by atoms with E-state index in [9.17, 15) is 0 Å². The second-order valence-corrected chi connectivity index (χ2v) is 7.64. The van der Waals surface area contributed by atoms with Crippen molar-refractivity contribution < 1.29 is 14.4 Å². The smallest absolute Gasteiger partial charge is 0.203 e. The molecule has 7 heteroatoms. The summed E-state index contributed by atoms with van der Waals surface area (Å²) >= 11 is 5.74. The van der Waals surface area contributed by atoms with E-state index in [1.807, 2.05) is 22.9 Å². The zero-order valence-corrected chi connectivity index (χ0v) is 18.0. The lowest BCUT2D eigenvalue weighted by atomic mass is 9.99. The zero-order chi connectivity index (χ0) is 20.4. The molecule has 1 aromatic heterocycles. The summed E-state index contributed by atoms with van der Waals surface area (Å²) < 4.78 is 15.8. The van der Waals surface area contributed by atoms with Gasteiger partial charge in [-0.1, -0.05) is 30.3 Å². The van der Waals surface area contributed by atoms with Gasteiger partial charge >= 0.3 is 0 Å². The summed E-state index contributed by atoms with van der Waals surface area (Å²) in [4.78, 5) is 1.43. The van der Waals surface area contributed by atoms with E-state index in [0.717, 1.165) is 60.4 Å². The summed E-state index contributed by atoms with van der Waals surface area (Å²) in [6.07, 6.45) is 0.998. The molecule has 4 rings (SSSR count). The molecule has 152 valence electrons. The van der Waals surface area contributed by atoms with E-state index in [0.29, 0.717) is 0 Å². The van der Waals surface area contributed by atoms with Crippen LogP contribution in [0, 0.1) is 4.77 Å². The number of benzene rings is 2. The third-order valence-electron chi connectivity index (χ3n) is 5.54. The van der Waals surface area contributed by atoms with Crippen molar-refractivity contribution >= 4 is 12.2 Å². The second-order valence-electron chi connectivity index (χ2n) is 7.28. The normalized spacial score (nSPS) is 15.8. The Morgan fingerprint density at radius 3 is 2.41 bits per heavy atom. The van der Waals surface area contributed by atoms with Crippen molar-refractivity contribution in [2.24, 2.45) is 0 Å². The third kappa shape index (κ3) is 3.80. The molecular weight excluding hydrogens is 384 g/mol. The van der Waals surface area contributed by atoms with E-state index in [1.165, 1.54) is 16.0 Å². The molecule has 0 spiro atoms. The molecule has 3 aromatic rings. The monoisotopic (exact) mass is 411 g/mol. The molecule has 0 bridgehead atoms. The first-order chi connectivity index (χ1) is 14.1. The summed E-state index contributed by atoms with van der Waals surface area (Å²) in [5, 5.41) is 4.87. The van der Waals surface area contributed by atoms with Gasteiger partial charge in [-0.15, -0.1) is 5.10 Å². The fourth-order valence-corrected chi connectivity index (χ4v) is 4.33. The molecule has 1 aliphatic heterocycles. The molecule has 0 amide bonds. The highest BCUT2D eigenvalue weighted by Gasteiger charge is 2.23. The van der Waals surface area contributed by atoms with Gasteiger partial charge in [0.25, 0.3) is 0 Å². The topological polar surface area (TPSA) is 45.7 Å². The number of fused-ring (bicyclic) bond motifs is 1. The molecule has 1 unspecified atom stereocenters. The van der Waals surface area contributed by atoms with Gasteiger partial charge in [-0.25, -0.2) is 0 Å². The third-order valence-corrected chi connectivity index (χ3v) is 5.97. The Balaban J connectivity index is 1.60. The van der Waals surface area contributed by atoms with Gasteiger partial charge in [-0.2, -0.15) is 4.68 Å². The highest BCUT2D eigenvalue weighted by Crippen LogP contribution is 2.31. The van der Waals surface area contributed by atoms with Crippen LogP contribution in [0.1, 0.15) is 18.1 Å². The van der Waals surface area contributed by atoms with Crippen molar-refractivity contribution in [3.8, 4) is 22.9 Å². The number of quaternary nitrogens is 1. The predicted octanol–water partition coefficient (Wildman–Crippen LogP) is 2.72. The molecule has 29 heavy (non-hydrogen) atoms. The van der Waals surface area contributed by atoms with Gasteiger partial charge in [0.2, 0.25) is 4.77 Å². The van der Waals surface area contributed by atoms with Crippen molar-refractivity contribution in [2.75, 3.05) is 20.8 Å². The molecule has 6 nitrogen and oxygen atoms in total. The zero-order valence-electron chi connectivity index (χ0n) is 17.1. The van der Waals surface area contributed by atoms with Gasteiger partial charge in [0, 0.05) is 24.1 Å². The fraction of sp³-hybridized carbons (Fsp3) is 0.364. The van der Waals surface area contributed by atoms with Gasteiger partial charge in [0.15, 0.2) is 24.0 Å². The maximum atomic E-state index is 5.74. The molecular formula is C22H27N4O2S+. The highest BCUT2D eigenvalue weighted by molar-refractivity contribution is 7.71. The fourth-order valence-electron chi connectivity index (χ4n) is 4.01. The van der Waals surface area contributed by atoms with Gasteiger partial charge in [0.1, 0.15) is 6.54 Å². The van der Waals surface area contributed by atoms with Crippen LogP contribution in [0.5, 0.6) is 11.5 Å². The van der Waals surface area contributed by atoms with Crippen molar-refractivity contribution in [3.63, 3.8) is 0 Å². The number of ether oxygens (including phenoxy) is 2. The van der Waals surface area contributed by atoms with Crippen LogP contribution in [0.4, 0.5) is 0 Å². The van der Waals surface area contributed by atoms with E-state index < -0.39 is 0 Å². The highest BCUT2D eigenvalue weighted by atomic mass is 32.1. The van der Waals surface area contributed by atoms with Crippen LogP contribution in [0.2, 0.25) is 0 Å². The molecule has 0 saturated heterocycles. The van der Waals surface area contributed by atoms with Crippen molar-refractivity contribution in [1.82, 2.24) is 14.3 Å². The minimum atomic E-state index is 0.749. The van der Waals surface area contributed by atoms with E-state index in [1.54, 1.807) is 14.2 Å². The van der Waals surface area contributed by atoms with E-state index in [4.69, 9.17) is 26.8 Å². The van der Waals surface area contributed by atoms with E-state index >= 15 is 0 Å². The minimum Gasteiger partial charge on any atom is -0.493 e. The van der Waals surface area contributed by atoms with Crippen LogP contribution in [-0.2, 0) is 26.2 Å². The Bertz CT molecular complexity index is 1060. The number of aromatic nitrogens is 3. The Morgan fingerprint density at radius 1 is 1.07 bits per heavy atom. The Labute approximate surface area is 176 Å². The lowest BCUT2D eigenvalue weighted by Gasteiger charge is -2.26. The first kappa shape index (κ1) is 19.7. The van der Waals surface area contributed by atoms with E-state index in [-0.39, 0.29) is 0 Å². The quantitative estimate of drug-likeness (QED) is 0.634. The number of nitrogens with one attached hydrogen (secondary N) is 1. The number of nitrogens with zero attached hydrogens (tertiary/aromatic N) is 3. The molecule has 0 aliphatic carbocycles. The average molecular weight is 412 g/mol. The Hall–Kier alpha value is -2.64. The van der Waals surface area contributed by atoms with Crippen LogP contribution in [0.15, 0.2) is 42.5 Å². The number of methoxy groups -OCH3 is 2. The summed E-state index contributed by atoms with van der Waals surface area (Å²) in [5.41, 5.74) is 3.72. The molecule has 1 atom stereocenters. The lowest BCUT2D eigenvalue weighted by molar-refractivity contribution is -0.939. The average Bonchev–Trinajstić information content (AvgIpc) is 3.08. The summed E-state index contributed by atoms with van der Waals surface area (Å²) in [6.45, 7) is 5.61. The Morgan fingerprint density at radius 2 is 1.76 bits per heavy atom. The van der Waals surface area contributed by atoms with Crippen molar-refractivity contribution in [3.05, 3.63) is 58.4 Å². The van der Waals surface area contributed by atoms with Crippen LogP contribution in [0.3, 0.4) is 0 Å². The summed E-state index contributed by atoms with van der Waals surface area (Å²) in [7, 11) is 3.36. The molecule has 0 radical (unpaired) electrons. The SMILES string of the molecule is CCn1c(-c2ccccc2)nn(C[NH+]2CCc3cc(OC)c(OC)cc3C2)c1=S. The molecule has 0 fully saturated rings. The number of hydrogen-bond donors (Lipinski definition) is 1. The second kappa shape index (κ2) is 8.39. The van der Waals surface area contributed by atoms with Crippen LogP contribution in [-0.4, -0.2) is 35.1 Å². The molecule has 1 N–H and O–H groups in total. The number of hydrogen-bond acceptors (Lipinski definition) is 4. The van der Waals surface area contributed by atoms with Gasteiger partial charge in [-0.3, -0.25) is 0 Å². The molecule has 1 aliphatic rings. The van der Waals surface area contributed by atoms with Gasteiger partial charge < -0.3 is 18.9 Å². The van der Waals surface area contributed by atoms with Crippen molar-refractivity contribution in [2.45, 2.75) is 33.1 Å². The molecule has 2 heterocycles. The maximum absolute atomic E-state index is 5.74. The minimum absolute atomic E-state index is 0.749. The summed E-state index contributed by atoms with van der Waals surface area (Å²) in [6, 6.07) is 14.5. The number of rotatable bonds is 6. The van der Waals surface area contributed by atoms with Gasteiger partial charge in [-0.05, 0) is 36.8 Å². The molecule has 0 saturated carbocycles. The largest absolute Gasteiger partial charge is 0.493 e. The van der Waals surface area contributed by atoms with Crippen LogP contribution in [0.25, 0.3) is 11.4 Å². The first-order valence-electron chi connectivity index (χ1n) is 9.95. The maximum Gasteiger partial charge on any atom is 0.203 e. The van der Waals surface area contributed by atoms with Crippen LogP contribution >= 0.6 is 12.2 Å². The summed E-state index contributed by atoms with van der Waals surface area (Å²) in [5.74, 6) is 2.51. The van der Waals surface area contributed by atoms with Crippen LogP contribution < -0.4 is 14.4 Å². The standard InChI is InChI=1S/C22H26N4O2S/c1-4-25-21(16-8-6-5-7-9-16)23-26(22(25)29)15-24-11-10-17-12-19(27-2)20(28-3)13-18(17)14-24/h5-9,12-13H,4,10-11,14-15H2,1-3H3/p+1. The van der Waals surface area contributed by atoms with Gasteiger partial charge in [0.05, 0.1) is 20.8 Å². The van der Waals surface area contributed by atoms with E-state index in [2.05, 4.69) is 35.8 Å². The molecule has 2 aromatic carbocycles. The van der Waals surface area contributed by atoms with Crippen molar-refractivity contribution in [1.29, 1.82) is 0 Å². The lowest BCUT2D eigenvalue weighted by Crippen LogP contribution is -3.11.